The first-order chi connectivity index (χ1) is 10.2. The number of hydrogen-bond donors (Lipinski definition) is 2. The van der Waals surface area contributed by atoms with Gasteiger partial charge < -0.3 is 15.4 Å². The molecule has 0 aromatic carbocycles. The minimum absolute atomic E-state index is 0.694. The number of hydrogen-bond acceptors (Lipinski definition) is 5. The molecule has 0 spiro atoms. The number of unbranched alkanes of at least 4 members (excludes halogenated alkanes) is 3. The first-order valence-electron chi connectivity index (χ1n) is 8.05. The highest BCUT2D eigenvalue weighted by Crippen LogP contribution is 2.28. The van der Waals surface area contributed by atoms with Gasteiger partial charge in [-0.05, 0) is 19.3 Å². The van der Waals surface area contributed by atoms with Gasteiger partial charge in [0.25, 0.3) is 0 Å². The fraction of sp³-hybridized carbons (Fsp3) is 0.750. The molecule has 5 heteroatoms. The minimum Gasteiger partial charge on any atom is -0.490 e. The van der Waals surface area contributed by atoms with Gasteiger partial charge in [0.15, 0.2) is 11.6 Å². The Morgan fingerprint density at radius 1 is 1.05 bits per heavy atom. The molecule has 21 heavy (non-hydrogen) atoms. The summed E-state index contributed by atoms with van der Waals surface area (Å²) in [6, 6.07) is 0. The van der Waals surface area contributed by atoms with Crippen molar-refractivity contribution >= 4 is 11.6 Å². The molecule has 1 aromatic heterocycles. The Bertz CT molecular complexity index is 396. The van der Waals surface area contributed by atoms with Crippen LogP contribution in [0.1, 0.15) is 52.9 Å². The summed E-state index contributed by atoms with van der Waals surface area (Å²) in [5.74, 6) is 3.03. The van der Waals surface area contributed by atoms with E-state index in [1.165, 1.54) is 25.7 Å². The molecule has 0 aliphatic heterocycles. The second-order valence-electron chi connectivity index (χ2n) is 5.66. The number of nitrogens with one attached hydrogen (secondary N) is 2. The Labute approximate surface area is 128 Å². The van der Waals surface area contributed by atoms with Crippen molar-refractivity contribution in [3.05, 3.63) is 6.33 Å². The number of nitrogens with zero attached hydrogens (tertiary/aromatic N) is 2. The van der Waals surface area contributed by atoms with Crippen molar-refractivity contribution in [2.24, 2.45) is 5.92 Å². The van der Waals surface area contributed by atoms with E-state index in [9.17, 15) is 0 Å². The molecule has 120 valence electrons. The molecular formula is C16H30N4O. The zero-order valence-electron chi connectivity index (χ0n) is 13.9. The Balaban J connectivity index is 2.33. The average molecular weight is 294 g/mol. The SMILES string of the molecule is CCNc1ncnc(NCCCCCCC(C)C)c1OC. The van der Waals surface area contributed by atoms with Gasteiger partial charge in [-0.1, -0.05) is 39.5 Å². The van der Waals surface area contributed by atoms with E-state index in [0.29, 0.717) is 5.75 Å². The number of ether oxygens (including phenoxy) is 1. The van der Waals surface area contributed by atoms with Crippen molar-refractivity contribution in [3.8, 4) is 5.75 Å². The number of rotatable bonds is 11. The van der Waals surface area contributed by atoms with Crippen LogP contribution in [0.5, 0.6) is 5.75 Å². The van der Waals surface area contributed by atoms with Crippen LogP contribution in [0.25, 0.3) is 0 Å². The van der Waals surface area contributed by atoms with Gasteiger partial charge in [0, 0.05) is 13.1 Å². The third kappa shape index (κ3) is 6.65. The Morgan fingerprint density at radius 2 is 1.71 bits per heavy atom. The largest absolute Gasteiger partial charge is 0.490 e. The lowest BCUT2D eigenvalue weighted by Crippen LogP contribution is -2.09. The van der Waals surface area contributed by atoms with E-state index >= 15 is 0 Å². The van der Waals surface area contributed by atoms with E-state index in [2.05, 4.69) is 34.4 Å². The van der Waals surface area contributed by atoms with Gasteiger partial charge in [-0.2, -0.15) is 0 Å². The van der Waals surface area contributed by atoms with Crippen LogP contribution in [0.2, 0.25) is 0 Å². The molecule has 1 rings (SSSR count). The summed E-state index contributed by atoms with van der Waals surface area (Å²) >= 11 is 0. The maximum absolute atomic E-state index is 5.40. The highest BCUT2D eigenvalue weighted by Gasteiger charge is 2.10. The fourth-order valence-corrected chi connectivity index (χ4v) is 2.22. The Morgan fingerprint density at radius 3 is 2.33 bits per heavy atom. The Hall–Kier alpha value is -1.52. The van der Waals surface area contributed by atoms with Crippen LogP contribution in [0.15, 0.2) is 6.33 Å². The quantitative estimate of drug-likeness (QED) is 0.605. The summed E-state index contributed by atoms with van der Waals surface area (Å²) in [5, 5.41) is 6.53. The van der Waals surface area contributed by atoms with Crippen LogP contribution in [-0.4, -0.2) is 30.2 Å². The van der Waals surface area contributed by atoms with Crippen LogP contribution in [0, 0.1) is 5.92 Å². The molecule has 0 radical (unpaired) electrons. The molecule has 0 unspecified atom stereocenters. The lowest BCUT2D eigenvalue weighted by atomic mass is 10.0. The molecule has 0 fully saturated rings. The van der Waals surface area contributed by atoms with E-state index in [1.807, 2.05) is 6.92 Å². The average Bonchev–Trinajstić information content (AvgIpc) is 2.46. The van der Waals surface area contributed by atoms with Gasteiger partial charge in [0.05, 0.1) is 7.11 Å². The summed E-state index contributed by atoms with van der Waals surface area (Å²) in [7, 11) is 1.65. The van der Waals surface area contributed by atoms with Gasteiger partial charge >= 0.3 is 0 Å². The standard InChI is InChI=1S/C16H30N4O/c1-5-17-15-14(21-4)16(20-12-19-15)18-11-9-7-6-8-10-13(2)3/h12-13H,5-11H2,1-4H3,(H2,17,18,19,20). The maximum Gasteiger partial charge on any atom is 0.204 e. The first kappa shape index (κ1) is 17.5. The zero-order valence-corrected chi connectivity index (χ0v) is 13.9. The lowest BCUT2D eigenvalue weighted by molar-refractivity contribution is 0.414. The highest BCUT2D eigenvalue weighted by molar-refractivity contribution is 5.63. The van der Waals surface area contributed by atoms with Gasteiger partial charge in [0.2, 0.25) is 5.75 Å². The number of anilines is 2. The van der Waals surface area contributed by atoms with E-state index in [-0.39, 0.29) is 0 Å². The van der Waals surface area contributed by atoms with Crippen LogP contribution >= 0.6 is 0 Å². The molecule has 0 bridgehead atoms. The number of methoxy groups -OCH3 is 1. The molecule has 1 aromatic rings. The summed E-state index contributed by atoms with van der Waals surface area (Å²) < 4.78 is 5.40. The van der Waals surface area contributed by atoms with Gasteiger partial charge in [0.1, 0.15) is 6.33 Å². The second kappa shape index (κ2) is 10.2. The first-order valence-corrected chi connectivity index (χ1v) is 8.05. The van der Waals surface area contributed by atoms with Crippen LogP contribution in [-0.2, 0) is 0 Å². The van der Waals surface area contributed by atoms with Gasteiger partial charge in [-0.3, -0.25) is 0 Å². The molecule has 0 amide bonds. The molecule has 0 saturated heterocycles. The topological polar surface area (TPSA) is 59.1 Å². The predicted octanol–water partition coefficient (Wildman–Crippen LogP) is 3.94. The molecule has 0 aliphatic rings. The normalized spacial score (nSPS) is 10.7. The van der Waals surface area contributed by atoms with Crippen LogP contribution < -0.4 is 15.4 Å². The molecule has 0 atom stereocenters. The molecule has 0 aliphatic carbocycles. The van der Waals surface area contributed by atoms with Crippen molar-refractivity contribution in [1.82, 2.24) is 9.97 Å². The zero-order chi connectivity index (χ0) is 15.5. The third-order valence-corrected chi connectivity index (χ3v) is 3.35. The molecule has 5 nitrogen and oxygen atoms in total. The van der Waals surface area contributed by atoms with Gasteiger partial charge in [-0.25, -0.2) is 9.97 Å². The van der Waals surface area contributed by atoms with Crippen molar-refractivity contribution in [1.29, 1.82) is 0 Å². The second-order valence-corrected chi connectivity index (χ2v) is 5.66. The third-order valence-electron chi connectivity index (χ3n) is 3.35. The van der Waals surface area contributed by atoms with Crippen LogP contribution in [0.4, 0.5) is 11.6 Å². The molecule has 0 saturated carbocycles. The van der Waals surface area contributed by atoms with Gasteiger partial charge in [-0.15, -0.1) is 0 Å². The smallest absolute Gasteiger partial charge is 0.204 e. The predicted molar refractivity (Wildman–Crippen MR) is 89.2 cm³/mol. The van der Waals surface area contributed by atoms with Crippen molar-refractivity contribution in [2.75, 3.05) is 30.8 Å². The summed E-state index contributed by atoms with van der Waals surface area (Å²) in [5.41, 5.74) is 0. The number of aromatic nitrogens is 2. The van der Waals surface area contributed by atoms with E-state index in [1.54, 1.807) is 13.4 Å². The summed E-state index contributed by atoms with van der Waals surface area (Å²) in [4.78, 5) is 8.46. The van der Waals surface area contributed by atoms with Crippen molar-refractivity contribution in [2.45, 2.75) is 52.9 Å². The van der Waals surface area contributed by atoms with Crippen LogP contribution in [0.3, 0.4) is 0 Å². The Kier molecular flexibility index (Phi) is 8.55. The summed E-state index contributed by atoms with van der Waals surface area (Å²) in [6.45, 7) is 8.32. The van der Waals surface area contributed by atoms with Crippen molar-refractivity contribution < 1.29 is 4.74 Å². The molecule has 1 heterocycles. The minimum atomic E-state index is 0.694. The van der Waals surface area contributed by atoms with Crippen molar-refractivity contribution in [3.63, 3.8) is 0 Å². The lowest BCUT2D eigenvalue weighted by Gasteiger charge is -2.13. The molecular weight excluding hydrogens is 264 g/mol. The molecule has 2 N–H and O–H groups in total. The monoisotopic (exact) mass is 294 g/mol. The summed E-state index contributed by atoms with van der Waals surface area (Å²) in [6.07, 6.45) is 7.95. The van der Waals surface area contributed by atoms with E-state index < -0.39 is 0 Å². The highest BCUT2D eigenvalue weighted by atomic mass is 16.5. The van der Waals surface area contributed by atoms with E-state index in [4.69, 9.17) is 4.74 Å². The fourth-order valence-electron chi connectivity index (χ4n) is 2.22. The maximum atomic E-state index is 5.40. The van der Waals surface area contributed by atoms with E-state index in [0.717, 1.165) is 37.1 Å².